The van der Waals surface area contributed by atoms with Crippen LogP contribution in [0.15, 0.2) is 28.4 Å². The number of aromatic nitrogens is 1. The maximum Gasteiger partial charge on any atom is 0.106 e. The number of hydrogen-bond donors (Lipinski definition) is 0. The highest BCUT2D eigenvalue weighted by molar-refractivity contribution is 5.84. The van der Waals surface area contributed by atoms with Gasteiger partial charge in [0, 0.05) is 18.1 Å². The molecule has 0 N–H and O–H groups in total. The zero-order chi connectivity index (χ0) is 9.68. The second kappa shape index (κ2) is 4.50. The van der Waals surface area contributed by atoms with E-state index in [1.54, 1.807) is 18.6 Å². The van der Waals surface area contributed by atoms with Gasteiger partial charge in [-0.15, -0.1) is 0 Å². The Kier molecular flexibility index (Phi) is 3.31. The van der Waals surface area contributed by atoms with E-state index in [1.165, 1.54) is 0 Å². The second-order valence-electron chi connectivity index (χ2n) is 2.81. The molecule has 1 heterocycles. The molecule has 13 heavy (non-hydrogen) atoms. The Labute approximate surface area is 78.3 Å². The summed E-state index contributed by atoms with van der Waals surface area (Å²) in [6, 6.07) is 1.86. The molecule has 0 amide bonds. The van der Waals surface area contributed by atoms with Gasteiger partial charge in [-0.2, -0.15) is 0 Å². The minimum atomic E-state index is 0.811. The van der Waals surface area contributed by atoms with Crippen LogP contribution < -0.4 is 0 Å². The summed E-state index contributed by atoms with van der Waals surface area (Å²) in [7, 11) is 0. The molecule has 0 saturated carbocycles. The Hall–Kier alpha value is -1.51. The van der Waals surface area contributed by atoms with Gasteiger partial charge in [0.1, 0.15) is 5.69 Å². The molecular weight excluding hydrogens is 162 g/mol. The van der Waals surface area contributed by atoms with Gasteiger partial charge in [0.25, 0.3) is 0 Å². The average Bonchev–Trinajstić information content (AvgIpc) is 2.08. The summed E-state index contributed by atoms with van der Waals surface area (Å²) in [5, 5.41) is 0. The third-order valence-electron chi connectivity index (χ3n) is 1.39. The van der Waals surface area contributed by atoms with Crippen molar-refractivity contribution in [3.8, 4) is 0 Å². The van der Waals surface area contributed by atoms with E-state index in [4.69, 9.17) is 0 Å². The van der Waals surface area contributed by atoms with Crippen LogP contribution in [0.5, 0.6) is 0 Å². The van der Waals surface area contributed by atoms with Gasteiger partial charge in [-0.3, -0.25) is 15.0 Å². The fraction of sp³-hybridized carbons (Fsp3) is 0.300. The smallest absolute Gasteiger partial charge is 0.106 e. The summed E-state index contributed by atoms with van der Waals surface area (Å²) in [4.78, 5) is 12.5. The number of hydrogen-bond acceptors (Lipinski definition) is 3. The predicted molar refractivity (Wildman–Crippen MR) is 56.5 cm³/mol. The van der Waals surface area contributed by atoms with Crippen molar-refractivity contribution in [1.29, 1.82) is 0 Å². The molecule has 0 bridgehead atoms. The molecule has 0 saturated heterocycles. The van der Waals surface area contributed by atoms with E-state index in [-0.39, 0.29) is 0 Å². The molecule has 3 heteroatoms. The summed E-state index contributed by atoms with van der Waals surface area (Å²) in [6.07, 6.45) is 5.17. The lowest BCUT2D eigenvalue weighted by Gasteiger charge is -1.98. The Bertz CT molecular complexity index is 336. The first kappa shape index (κ1) is 9.58. The van der Waals surface area contributed by atoms with Crippen LogP contribution in [-0.2, 0) is 0 Å². The SMILES string of the molecule is C/C=N/c1cnccc1N=C(C)C. The van der Waals surface area contributed by atoms with Crippen molar-refractivity contribution >= 4 is 23.3 Å². The van der Waals surface area contributed by atoms with Crippen molar-refractivity contribution in [3.63, 3.8) is 0 Å². The maximum atomic E-state index is 4.34. The highest BCUT2D eigenvalue weighted by atomic mass is 14.8. The standard InChI is InChI=1S/C10H13N3/c1-4-12-10-7-11-6-5-9(10)13-8(2)3/h4-7H,1-3H3/b12-4+. The molecule has 0 aliphatic carbocycles. The Balaban J connectivity index is 3.12. The Morgan fingerprint density at radius 3 is 2.77 bits per heavy atom. The molecule has 0 atom stereocenters. The lowest BCUT2D eigenvalue weighted by molar-refractivity contribution is 1.29. The number of pyridine rings is 1. The number of nitrogens with zero attached hydrogens (tertiary/aromatic N) is 3. The topological polar surface area (TPSA) is 37.6 Å². The molecular formula is C10H13N3. The first-order chi connectivity index (χ1) is 6.24. The zero-order valence-electron chi connectivity index (χ0n) is 8.15. The molecule has 1 aromatic rings. The molecule has 1 aromatic heterocycles. The lowest BCUT2D eigenvalue weighted by atomic mass is 10.3. The summed E-state index contributed by atoms with van der Waals surface area (Å²) in [5.74, 6) is 0. The first-order valence-electron chi connectivity index (χ1n) is 4.18. The normalized spacial score (nSPS) is 10.4. The summed E-state index contributed by atoms with van der Waals surface area (Å²) >= 11 is 0. The van der Waals surface area contributed by atoms with Crippen molar-refractivity contribution in [1.82, 2.24) is 4.98 Å². The minimum Gasteiger partial charge on any atom is -0.262 e. The van der Waals surface area contributed by atoms with E-state index in [0.717, 1.165) is 17.1 Å². The third-order valence-corrected chi connectivity index (χ3v) is 1.39. The highest BCUT2D eigenvalue weighted by Gasteiger charge is 1.96. The van der Waals surface area contributed by atoms with Crippen LogP contribution in [0.1, 0.15) is 20.8 Å². The summed E-state index contributed by atoms with van der Waals surface area (Å²) < 4.78 is 0. The first-order valence-corrected chi connectivity index (χ1v) is 4.18. The van der Waals surface area contributed by atoms with Gasteiger partial charge >= 0.3 is 0 Å². The predicted octanol–water partition coefficient (Wildman–Crippen LogP) is 2.92. The van der Waals surface area contributed by atoms with Crippen LogP contribution in [0.3, 0.4) is 0 Å². The maximum absolute atomic E-state index is 4.34. The van der Waals surface area contributed by atoms with E-state index < -0.39 is 0 Å². The molecule has 68 valence electrons. The van der Waals surface area contributed by atoms with E-state index in [0.29, 0.717) is 0 Å². The van der Waals surface area contributed by atoms with Crippen LogP contribution in [-0.4, -0.2) is 16.9 Å². The van der Waals surface area contributed by atoms with Gasteiger partial charge in [-0.05, 0) is 26.8 Å². The number of rotatable bonds is 2. The number of aliphatic imine (C=N–C) groups is 2. The van der Waals surface area contributed by atoms with Crippen LogP contribution in [0.2, 0.25) is 0 Å². The van der Waals surface area contributed by atoms with Gasteiger partial charge in [0.2, 0.25) is 0 Å². The van der Waals surface area contributed by atoms with E-state index in [1.807, 2.05) is 26.8 Å². The fourth-order valence-electron chi connectivity index (χ4n) is 0.953. The molecule has 0 unspecified atom stereocenters. The van der Waals surface area contributed by atoms with E-state index in [2.05, 4.69) is 15.0 Å². The van der Waals surface area contributed by atoms with Gasteiger partial charge in [-0.1, -0.05) is 0 Å². The van der Waals surface area contributed by atoms with Crippen molar-refractivity contribution < 1.29 is 0 Å². The largest absolute Gasteiger partial charge is 0.262 e. The molecule has 0 fully saturated rings. The molecule has 1 rings (SSSR count). The van der Waals surface area contributed by atoms with Gasteiger partial charge < -0.3 is 0 Å². The van der Waals surface area contributed by atoms with Crippen molar-refractivity contribution in [2.24, 2.45) is 9.98 Å². The Morgan fingerprint density at radius 1 is 1.38 bits per heavy atom. The quantitative estimate of drug-likeness (QED) is 0.637. The summed E-state index contributed by atoms with van der Waals surface area (Å²) in [5.41, 5.74) is 2.69. The van der Waals surface area contributed by atoms with Crippen LogP contribution >= 0.6 is 0 Å². The van der Waals surface area contributed by atoms with E-state index >= 15 is 0 Å². The second-order valence-corrected chi connectivity index (χ2v) is 2.81. The average molecular weight is 175 g/mol. The molecule has 0 spiro atoms. The fourth-order valence-corrected chi connectivity index (χ4v) is 0.953. The van der Waals surface area contributed by atoms with E-state index in [9.17, 15) is 0 Å². The molecule has 0 aliphatic heterocycles. The highest BCUT2D eigenvalue weighted by Crippen LogP contribution is 2.25. The van der Waals surface area contributed by atoms with Crippen molar-refractivity contribution in [2.75, 3.05) is 0 Å². The Morgan fingerprint density at radius 2 is 2.15 bits per heavy atom. The monoisotopic (exact) mass is 175 g/mol. The summed E-state index contributed by atoms with van der Waals surface area (Å²) in [6.45, 7) is 5.79. The molecule has 3 nitrogen and oxygen atoms in total. The van der Waals surface area contributed by atoms with Gasteiger partial charge in [0.15, 0.2) is 0 Å². The zero-order valence-corrected chi connectivity index (χ0v) is 8.15. The molecule has 0 radical (unpaired) electrons. The van der Waals surface area contributed by atoms with Crippen LogP contribution in [0.4, 0.5) is 11.4 Å². The molecule has 0 aliphatic rings. The van der Waals surface area contributed by atoms with Crippen LogP contribution in [0.25, 0.3) is 0 Å². The van der Waals surface area contributed by atoms with Crippen molar-refractivity contribution in [2.45, 2.75) is 20.8 Å². The lowest BCUT2D eigenvalue weighted by Crippen LogP contribution is -1.79. The van der Waals surface area contributed by atoms with Crippen LogP contribution in [0, 0.1) is 0 Å². The molecule has 0 aromatic carbocycles. The minimum absolute atomic E-state index is 0.811. The third kappa shape index (κ3) is 2.78. The van der Waals surface area contributed by atoms with Gasteiger partial charge in [0.05, 0.1) is 11.9 Å². The van der Waals surface area contributed by atoms with Gasteiger partial charge in [-0.25, -0.2) is 0 Å². The van der Waals surface area contributed by atoms with Crippen molar-refractivity contribution in [3.05, 3.63) is 18.5 Å².